The van der Waals surface area contributed by atoms with Gasteiger partial charge < -0.3 is 9.47 Å². The van der Waals surface area contributed by atoms with E-state index in [2.05, 4.69) is 0 Å². The normalized spacial score (nSPS) is 18.9. The Kier molecular flexibility index (Phi) is 5.66. The molecule has 0 heterocycles. The van der Waals surface area contributed by atoms with E-state index in [1.807, 2.05) is 0 Å². The molecule has 0 saturated heterocycles. The summed E-state index contributed by atoms with van der Waals surface area (Å²) in [6.07, 6.45) is 5.98. The monoisotopic (exact) mass is 246 g/mol. The van der Waals surface area contributed by atoms with Crippen LogP contribution in [-0.4, -0.2) is 23.8 Å². The Labute approximate surface area is 100 Å². The molecule has 0 bridgehead atoms. The third kappa shape index (κ3) is 4.43. The lowest BCUT2D eigenvalue weighted by Crippen LogP contribution is -2.26. The number of hydrogen-bond acceptors (Lipinski definition) is 5. The lowest BCUT2D eigenvalue weighted by atomic mass is 9.89. The van der Waals surface area contributed by atoms with Gasteiger partial charge in [0.05, 0.1) is 5.92 Å². The van der Waals surface area contributed by atoms with Gasteiger partial charge in [0.15, 0.2) is 0 Å². The van der Waals surface area contributed by atoms with Crippen LogP contribution in [0, 0.1) is 5.92 Å². The minimum absolute atomic E-state index is 0.0100. The van der Waals surface area contributed by atoms with Crippen molar-refractivity contribution in [2.45, 2.75) is 45.3 Å². The quantitative estimate of drug-likeness (QED) is 0.566. The Balaban J connectivity index is 2.29. The van der Waals surface area contributed by atoms with E-state index in [0.29, 0.717) is 0 Å². The van der Waals surface area contributed by atoms with Gasteiger partial charge in [-0.05, 0) is 30.9 Å². The summed E-state index contributed by atoms with van der Waals surface area (Å²) < 4.78 is 9.91. The van der Waals surface area contributed by atoms with Gasteiger partial charge >= 0.3 is 11.3 Å². The van der Waals surface area contributed by atoms with Crippen LogP contribution >= 0.6 is 11.8 Å². The van der Waals surface area contributed by atoms with E-state index in [0.717, 1.165) is 37.4 Å². The van der Waals surface area contributed by atoms with Gasteiger partial charge in [-0.1, -0.05) is 19.3 Å². The molecular weight excluding hydrogens is 228 g/mol. The zero-order valence-corrected chi connectivity index (χ0v) is 10.5. The third-order valence-electron chi connectivity index (χ3n) is 2.65. The lowest BCUT2D eigenvalue weighted by Gasteiger charge is -2.22. The average Bonchev–Trinajstić information content (AvgIpc) is 2.29. The van der Waals surface area contributed by atoms with Crippen molar-refractivity contribution in [1.82, 2.24) is 0 Å². The van der Waals surface area contributed by atoms with E-state index < -0.39 is 11.6 Å². The van der Waals surface area contributed by atoms with Crippen molar-refractivity contribution in [3.05, 3.63) is 0 Å². The maximum absolute atomic E-state index is 11.7. The van der Waals surface area contributed by atoms with Crippen molar-refractivity contribution in [1.29, 1.82) is 0 Å². The first kappa shape index (κ1) is 13.4. The van der Waals surface area contributed by atoms with Crippen molar-refractivity contribution in [3.63, 3.8) is 0 Å². The Morgan fingerprint density at radius 1 is 1.19 bits per heavy atom. The van der Waals surface area contributed by atoms with Crippen LogP contribution in [0.2, 0.25) is 0 Å². The smallest absolute Gasteiger partial charge is 0.370 e. The Bertz CT molecular complexity index is 248. The third-order valence-corrected chi connectivity index (χ3v) is 3.08. The van der Waals surface area contributed by atoms with E-state index in [4.69, 9.17) is 9.47 Å². The van der Waals surface area contributed by atoms with Crippen molar-refractivity contribution in [3.8, 4) is 0 Å². The Morgan fingerprint density at radius 2 is 1.81 bits per heavy atom. The molecule has 1 aliphatic carbocycles. The predicted molar refractivity (Wildman–Crippen MR) is 62.1 cm³/mol. The van der Waals surface area contributed by atoms with Crippen LogP contribution in [-0.2, 0) is 14.3 Å². The van der Waals surface area contributed by atoms with Crippen LogP contribution < -0.4 is 0 Å². The molecule has 0 aromatic carbocycles. The highest BCUT2D eigenvalue weighted by atomic mass is 32.2. The average molecular weight is 246 g/mol. The minimum Gasteiger partial charge on any atom is -0.425 e. The standard InChI is InChI=1S/C11H18O4S/c1-8(15-11(13)16-2)14-10(12)9-6-4-3-5-7-9/h8-9H,3-7H2,1-2H3. The zero-order valence-electron chi connectivity index (χ0n) is 9.73. The number of rotatable bonds is 3. The molecule has 5 heteroatoms. The second kappa shape index (κ2) is 6.78. The van der Waals surface area contributed by atoms with Gasteiger partial charge in [-0.25, -0.2) is 4.79 Å². The van der Waals surface area contributed by atoms with Crippen LogP contribution in [0.25, 0.3) is 0 Å². The SMILES string of the molecule is CSC(=O)OC(C)OC(=O)C1CCCCC1. The molecule has 1 saturated carbocycles. The van der Waals surface area contributed by atoms with Gasteiger partial charge in [0.25, 0.3) is 0 Å². The van der Waals surface area contributed by atoms with Gasteiger partial charge in [-0.2, -0.15) is 0 Å². The molecule has 0 spiro atoms. The molecule has 1 unspecified atom stereocenters. The molecule has 1 aliphatic rings. The molecular formula is C11H18O4S. The van der Waals surface area contributed by atoms with Gasteiger partial charge in [0, 0.05) is 6.92 Å². The number of esters is 1. The summed E-state index contributed by atoms with van der Waals surface area (Å²) in [5.41, 5.74) is 0. The second-order valence-corrected chi connectivity index (χ2v) is 4.65. The van der Waals surface area contributed by atoms with Crippen molar-refractivity contribution in [2.24, 2.45) is 5.92 Å². The largest absolute Gasteiger partial charge is 0.425 e. The number of thioether (sulfide) groups is 1. The Morgan fingerprint density at radius 3 is 2.38 bits per heavy atom. The molecule has 0 radical (unpaired) electrons. The van der Waals surface area contributed by atoms with Gasteiger partial charge in [-0.3, -0.25) is 4.79 Å². The van der Waals surface area contributed by atoms with Crippen LogP contribution in [0.3, 0.4) is 0 Å². The summed E-state index contributed by atoms with van der Waals surface area (Å²) >= 11 is 0.963. The van der Waals surface area contributed by atoms with E-state index in [9.17, 15) is 9.59 Å². The Hall–Kier alpha value is -0.710. The highest BCUT2D eigenvalue weighted by molar-refractivity contribution is 8.12. The molecule has 1 atom stereocenters. The molecule has 1 fully saturated rings. The number of carbonyl (C=O) groups is 2. The fraction of sp³-hybridized carbons (Fsp3) is 0.818. The number of carbonyl (C=O) groups excluding carboxylic acids is 2. The molecule has 0 N–H and O–H groups in total. The summed E-state index contributed by atoms with van der Waals surface area (Å²) in [5.74, 6) is -0.245. The maximum atomic E-state index is 11.7. The summed E-state index contributed by atoms with van der Waals surface area (Å²) in [4.78, 5) is 22.6. The predicted octanol–water partition coefficient (Wildman–Crippen LogP) is 2.96. The summed E-state index contributed by atoms with van der Waals surface area (Å²) in [6, 6.07) is 0. The fourth-order valence-electron chi connectivity index (χ4n) is 1.81. The first-order chi connectivity index (χ1) is 7.63. The van der Waals surface area contributed by atoms with Crippen LogP contribution in [0.5, 0.6) is 0 Å². The van der Waals surface area contributed by atoms with Crippen LogP contribution in [0.15, 0.2) is 0 Å². The van der Waals surface area contributed by atoms with Gasteiger partial charge in [0.2, 0.25) is 6.29 Å². The summed E-state index contributed by atoms with van der Waals surface area (Å²) in [7, 11) is 0. The number of ether oxygens (including phenoxy) is 2. The second-order valence-electron chi connectivity index (χ2n) is 3.91. The molecule has 0 aromatic rings. The first-order valence-electron chi connectivity index (χ1n) is 5.58. The molecule has 4 nitrogen and oxygen atoms in total. The van der Waals surface area contributed by atoms with Gasteiger partial charge in [-0.15, -0.1) is 0 Å². The van der Waals surface area contributed by atoms with E-state index in [1.165, 1.54) is 6.42 Å². The maximum Gasteiger partial charge on any atom is 0.370 e. The molecule has 0 aromatic heterocycles. The van der Waals surface area contributed by atoms with E-state index >= 15 is 0 Å². The minimum atomic E-state index is -0.783. The molecule has 0 amide bonds. The lowest BCUT2D eigenvalue weighted by molar-refractivity contribution is -0.169. The fourth-order valence-corrected chi connectivity index (χ4v) is 2.04. The van der Waals surface area contributed by atoms with Crippen molar-refractivity contribution in [2.75, 3.05) is 6.26 Å². The van der Waals surface area contributed by atoms with Crippen molar-refractivity contribution < 1.29 is 19.1 Å². The molecule has 16 heavy (non-hydrogen) atoms. The van der Waals surface area contributed by atoms with E-state index in [1.54, 1.807) is 13.2 Å². The van der Waals surface area contributed by atoms with Crippen LogP contribution in [0.1, 0.15) is 39.0 Å². The van der Waals surface area contributed by atoms with E-state index in [-0.39, 0.29) is 11.9 Å². The molecule has 1 rings (SSSR count). The molecule has 0 aliphatic heterocycles. The van der Waals surface area contributed by atoms with Gasteiger partial charge in [0.1, 0.15) is 0 Å². The summed E-state index contributed by atoms with van der Waals surface area (Å²) in [5, 5.41) is -0.427. The van der Waals surface area contributed by atoms with Crippen molar-refractivity contribution >= 4 is 23.0 Å². The highest BCUT2D eigenvalue weighted by Crippen LogP contribution is 2.25. The first-order valence-corrected chi connectivity index (χ1v) is 6.81. The summed E-state index contributed by atoms with van der Waals surface area (Å²) in [6.45, 7) is 1.56. The zero-order chi connectivity index (χ0) is 12.0. The van der Waals surface area contributed by atoms with Crippen LogP contribution in [0.4, 0.5) is 4.79 Å². The molecule has 92 valence electrons. The highest BCUT2D eigenvalue weighted by Gasteiger charge is 2.24. The number of hydrogen-bond donors (Lipinski definition) is 0. The topological polar surface area (TPSA) is 52.6 Å².